The fraction of sp³-hybridized carbons (Fsp3) is 0.875. The summed E-state index contributed by atoms with van der Waals surface area (Å²) in [5, 5.41) is 14.6. The number of hydrogen-bond acceptors (Lipinski definition) is 3. The summed E-state index contributed by atoms with van der Waals surface area (Å²) in [7, 11) is 0. The van der Waals surface area contributed by atoms with Crippen molar-refractivity contribution in [1.29, 1.82) is 0 Å². The molecular formula is C16H25F3N2O2. The van der Waals surface area contributed by atoms with Crippen molar-refractivity contribution < 1.29 is 23.1 Å². The molecule has 1 aliphatic heterocycles. The predicted octanol–water partition coefficient (Wildman–Crippen LogP) is 3.99. The molecule has 0 aromatic rings. The molecule has 1 aliphatic carbocycles. The highest BCUT2D eigenvalue weighted by Crippen LogP contribution is 2.48. The Bertz CT molecular complexity index is 465. The Kier molecular flexibility index (Phi) is 5.70. The molecule has 1 fully saturated rings. The van der Waals surface area contributed by atoms with Crippen LogP contribution in [0, 0.1) is 5.92 Å². The molecule has 0 bridgehead atoms. The Morgan fingerprint density at radius 3 is 2.65 bits per heavy atom. The third-order valence-corrected chi connectivity index (χ3v) is 4.76. The molecule has 2 rings (SSSR count). The van der Waals surface area contributed by atoms with E-state index >= 15 is 0 Å². The summed E-state index contributed by atoms with van der Waals surface area (Å²) < 4.78 is 40.5. The zero-order chi connectivity index (χ0) is 17.1. The van der Waals surface area contributed by atoms with Crippen LogP contribution in [-0.2, 0) is 4.79 Å². The predicted molar refractivity (Wildman–Crippen MR) is 80.6 cm³/mol. The van der Waals surface area contributed by atoms with Gasteiger partial charge in [-0.1, -0.05) is 39.0 Å². The van der Waals surface area contributed by atoms with Crippen molar-refractivity contribution in [2.24, 2.45) is 11.0 Å². The van der Waals surface area contributed by atoms with E-state index in [1.807, 2.05) is 0 Å². The van der Waals surface area contributed by atoms with Crippen molar-refractivity contribution in [3.8, 4) is 0 Å². The van der Waals surface area contributed by atoms with Crippen molar-refractivity contribution in [2.45, 2.75) is 83.0 Å². The Hall–Kier alpha value is -1.11. The number of hydrazone groups is 1. The SMILES string of the molecule is CCCCCCCC(=O)N1N=C2CCCC[C@@H]2[C@]1(O)C(F)(F)F. The molecule has 4 nitrogen and oxygen atoms in total. The number of rotatable bonds is 6. The smallest absolute Gasteiger partial charge is 0.362 e. The summed E-state index contributed by atoms with van der Waals surface area (Å²) in [4.78, 5) is 12.2. The number of halogens is 3. The first-order chi connectivity index (χ1) is 10.8. The number of carbonyl (C=O) groups is 1. The fourth-order valence-electron chi connectivity index (χ4n) is 3.45. The van der Waals surface area contributed by atoms with E-state index < -0.39 is 23.7 Å². The fourth-order valence-corrected chi connectivity index (χ4v) is 3.45. The standard InChI is InChI=1S/C16H25F3N2O2/c1-2-3-4-5-6-11-14(22)21-15(23,16(17,18)19)12-9-7-8-10-13(12)20-21/h12,23H,2-11H2,1H3/t12-,15-/m0/s1. The maximum absolute atomic E-state index is 13.5. The highest BCUT2D eigenvalue weighted by Gasteiger charge is 2.68. The van der Waals surface area contributed by atoms with Gasteiger partial charge in [-0.3, -0.25) is 4.79 Å². The number of nitrogens with zero attached hydrogens (tertiary/aromatic N) is 2. The topological polar surface area (TPSA) is 52.9 Å². The minimum absolute atomic E-state index is 0.00833. The lowest BCUT2D eigenvalue weighted by Gasteiger charge is -2.38. The second kappa shape index (κ2) is 7.20. The lowest BCUT2D eigenvalue weighted by Crippen LogP contribution is -2.61. The van der Waals surface area contributed by atoms with Crippen LogP contribution in [0.5, 0.6) is 0 Å². The van der Waals surface area contributed by atoms with Gasteiger partial charge in [0.1, 0.15) is 0 Å². The largest absolute Gasteiger partial charge is 0.439 e. The molecule has 0 saturated heterocycles. The number of amides is 1. The van der Waals surface area contributed by atoms with Gasteiger partial charge < -0.3 is 5.11 Å². The Balaban J connectivity index is 2.08. The lowest BCUT2D eigenvalue weighted by atomic mass is 9.80. The van der Waals surface area contributed by atoms with E-state index in [0.717, 1.165) is 32.1 Å². The van der Waals surface area contributed by atoms with E-state index in [4.69, 9.17) is 0 Å². The first-order valence-corrected chi connectivity index (χ1v) is 8.52. The van der Waals surface area contributed by atoms with Crippen LogP contribution in [0.15, 0.2) is 5.10 Å². The molecule has 2 atom stereocenters. The van der Waals surface area contributed by atoms with E-state index in [0.29, 0.717) is 30.0 Å². The molecule has 1 saturated carbocycles. The monoisotopic (exact) mass is 334 g/mol. The second-order valence-electron chi connectivity index (χ2n) is 6.48. The summed E-state index contributed by atoms with van der Waals surface area (Å²) in [6.45, 7) is 2.07. The Labute approximate surface area is 134 Å². The van der Waals surface area contributed by atoms with E-state index in [-0.39, 0.29) is 12.8 Å². The maximum atomic E-state index is 13.5. The number of unbranched alkanes of at least 4 members (excludes halogenated alkanes) is 4. The molecule has 0 radical (unpaired) electrons. The molecular weight excluding hydrogens is 309 g/mol. The van der Waals surface area contributed by atoms with Crippen LogP contribution in [0.1, 0.15) is 71.1 Å². The normalized spacial score (nSPS) is 27.8. The summed E-state index contributed by atoms with van der Waals surface area (Å²) in [6, 6.07) is 0. The molecule has 0 aromatic carbocycles. The quantitative estimate of drug-likeness (QED) is 0.747. The van der Waals surface area contributed by atoms with Crippen LogP contribution in [0.25, 0.3) is 0 Å². The third-order valence-electron chi connectivity index (χ3n) is 4.76. The number of hydrogen-bond donors (Lipinski definition) is 1. The zero-order valence-corrected chi connectivity index (χ0v) is 13.5. The van der Waals surface area contributed by atoms with Gasteiger partial charge in [0.15, 0.2) is 0 Å². The molecule has 1 heterocycles. The van der Waals surface area contributed by atoms with E-state index in [2.05, 4.69) is 12.0 Å². The minimum Gasteiger partial charge on any atom is -0.362 e. The molecule has 1 N–H and O–H groups in total. The van der Waals surface area contributed by atoms with Crippen LogP contribution in [0.2, 0.25) is 0 Å². The van der Waals surface area contributed by atoms with E-state index in [1.54, 1.807) is 0 Å². The summed E-state index contributed by atoms with van der Waals surface area (Å²) in [5.74, 6) is -1.84. The molecule has 0 unspecified atom stereocenters. The molecule has 23 heavy (non-hydrogen) atoms. The lowest BCUT2D eigenvalue weighted by molar-refractivity contribution is -0.317. The molecule has 132 valence electrons. The van der Waals surface area contributed by atoms with Gasteiger partial charge in [0.25, 0.3) is 5.72 Å². The van der Waals surface area contributed by atoms with Crippen LogP contribution in [0.4, 0.5) is 13.2 Å². The Morgan fingerprint density at radius 1 is 1.30 bits per heavy atom. The average molecular weight is 334 g/mol. The van der Waals surface area contributed by atoms with Gasteiger partial charge in [0, 0.05) is 12.1 Å². The number of aliphatic hydroxyl groups is 1. The molecule has 0 aromatic heterocycles. The van der Waals surface area contributed by atoms with Crippen molar-refractivity contribution in [3.63, 3.8) is 0 Å². The van der Waals surface area contributed by atoms with Gasteiger partial charge in [-0.15, -0.1) is 0 Å². The number of carbonyl (C=O) groups excluding carboxylic acids is 1. The van der Waals surface area contributed by atoms with Gasteiger partial charge in [-0.25, -0.2) is 0 Å². The summed E-state index contributed by atoms with van der Waals surface area (Å²) in [5.41, 5.74) is -2.85. The van der Waals surface area contributed by atoms with Gasteiger partial charge >= 0.3 is 6.18 Å². The third kappa shape index (κ3) is 3.54. The van der Waals surface area contributed by atoms with Crippen LogP contribution in [-0.4, -0.2) is 33.6 Å². The van der Waals surface area contributed by atoms with Crippen molar-refractivity contribution >= 4 is 11.6 Å². The first kappa shape index (κ1) is 18.2. The molecule has 2 aliphatic rings. The highest BCUT2D eigenvalue weighted by molar-refractivity contribution is 5.93. The summed E-state index contributed by atoms with van der Waals surface area (Å²) >= 11 is 0. The first-order valence-electron chi connectivity index (χ1n) is 8.52. The summed E-state index contributed by atoms with van der Waals surface area (Å²) in [6.07, 6.45) is 1.49. The number of fused-ring (bicyclic) bond motifs is 1. The van der Waals surface area contributed by atoms with Gasteiger partial charge in [-0.05, 0) is 25.7 Å². The second-order valence-corrected chi connectivity index (χ2v) is 6.48. The zero-order valence-electron chi connectivity index (χ0n) is 13.5. The van der Waals surface area contributed by atoms with E-state index in [9.17, 15) is 23.1 Å². The van der Waals surface area contributed by atoms with Crippen molar-refractivity contribution in [2.75, 3.05) is 0 Å². The van der Waals surface area contributed by atoms with Crippen LogP contribution < -0.4 is 0 Å². The van der Waals surface area contributed by atoms with Gasteiger partial charge in [0.2, 0.25) is 5.91 Å². The molecule has 0 spiro atoms. The van der Waals surface area contributed by atoms with Crippen molar-refractivity contribution in [3.05, 3.63) is 0 Å². The highest BCUT2D eigenvalue weighted by atomic mass is 19.4. The molecule has 1 amide bonds. The minimum atomic E-state index is -4.90. The van der Waals surface area contributed by atoms with E-state index in [1.165, 1.54) is 0 Å². The van der Waals surface area contributed by atoms with Crippen LogP contribution in [0.3, 0.4) is 0 Å². The van der Waals surface area contributed by atoms with Crippen LogP contribution >= 0.6 is 0 Å². The molecule has 7 heteroatoms. The maximum Gasteiger partial charge on any atom is 0.439 e. The van der Waals surface area contributed by atoms with Crippen molar-refractivity contribution in [1.82, 2.24) is 5.01 Å². The Morgan fingerprint density at radius 2 is 2.00 bits per heavy atom. The number of alkyl halides is 3. The average Bonchev–Trinajstić information content (AvgIpc) is 2.82. The van der Waals surface area contributed by atoms with Gasteiger partial charge in [0.05, 0.1) is 5.92 Å². The van der Waals surface area contributed by atoms with Gasteiger partial charge in [-0.2, -0.15) is 23.3 Å².